The van der Waals surface area contributed by atoms with Gasteiger partial charge < -0.3 is 9.64 Å². The van der Waals surface area contributed by atoms with E-state index in [-0.39, 0.29) is 23.6 Å². The number of piperazine rings is 1. The molecule has 0 spiro atoms. The highest BCUT2D eigenvalue weighted by atomic mass is 32.2. The second-order valence-corrected chi connectivity index (χ2v) is 9.82. The Morgan fingerprint density at radius 2 is 1.78 bits per heavy atom. The first kappa shape index (κ1) is 18.3. The van der Waals surface area contributed by atoms with Crippen molar-refractivity contribution in [2.24, 2.45) is 0 Å². The van der Waals surface area contributed by atoms with Crippen LogP contribution < -0.4 is 0 Å². The van der Waals surface area contributed by atoms with E-state index >= 15 is 0 Å². The number of allylic oxidation sites excluding steroid dienone is 1. The van der Waals surface area contributed by atoms with E-state index < -0.39 is 21.5 Å². The lowest BCUT2D eigenvalue weighted by molar-refractivity contribution is -0.00687. The summed E-state index contributed by atoms with van der Waals surface area (Å²) >= 11 is 0. The maximum Gasteiger partial charge on any atom is 0.410 e. The molecule has 132 valence electrons. The lowest BCUT2D eigenvalue weighted by Crippen LogP contribution is -2.61. The highest BCUT2D eigenvalue weighted by Gasteiger charge is 2.48. The quantitative estimate of drug-likeness (QED) is 0.713. The average Bonchev–Trinajstić information content (AvgIpc) is 2.68. The van der Waals surface area contributed by atoms with Gasteiger partial charge in [0.2, 0.25) is 0 Å². The number of hydrogen-bond donors (Lipinski definition) is 0. The molecule has 2 fully saturated rings. The van der Waals surface area contributed by atoms with Crippen LogP contribution in [0.15, 0.2) is 11.6 Å². The molecular weight excluding hydrogens is 316 g/mol. The molecule has 2 aliphatic heterocycles. The maximum atomic E-state index is 12.4. The monoisotopic (exact) mass is 344 g/mol. The second-order valence-electron chi connectivity index (χ2n) is 7.66. The Bertz CT molecular complexity index is 588. The summed E-state index contributed by atoms with van der Waals surface area (Å²) in [4.78, 5) is 16.2. The first-order valence-electron chi connectivity index (χ1n) is 8.06. The van der Waals surface area contributed by atoms with E-state index in [1.807, 2.05) is 34.6 Å². The Morgan fingerprint density at radius 1 is 1.17 bits per heavy atom. The molecule has 0 aromatic heterocycles. The summed E-state index contributed by atoms with van der Waals surface area (Å²) in [5.41, 5.74) is 0.625. The molecule has 2 rings (SSSR count). The minimum absolute atomic E-state index is 0.0300. The molecule has 0 aromatic rings. The molecule has 0 unspecified atom stereocenters. The van der Waals surface area contributed by atoms with Crippen LogP contribution in [0.2, 0.25) is 0 Å². The van der Waals surface area contributed by atoms with Gasteiger partial charge in [-0.05, 0) is 34.6 Å². The number of fused-ring (bicyclic) bond motifs is 1. The molecule has 0 bridgehead atoms. The number of ether oxygens (including phenoxy) is 1. The van der Waals surface area contributed by atoms with Crippen LogP contribution in [0, 0.1) is 0 Å². The summed E-state index contributed by atoms with van der Waals surface area (Å²) in [7, 11) is -3.12. The third-order valence-electron chi connectivity index (χ3n) is 4.15. The molecule has 7 heteroatoms. The molecule has 0 saturated carbocycles. The molecule has 23 heavy (non-hydrogen) atoms. The third-order valence-corrected chi connectivity index (χ3v) is 5.85. The summed E-state index contributed by atoms with van der Waals surface area (Å²) in [6.07, 6.45) is 1.69. The third kappa shape index (κ3) is 4.70. The first-order valence-corrected chi connectivity index (χ1v) is 9.88. The van der Waals surface area contributed by atoms with Crippen LogP contribution in [-0.4, -0.2) is 73.1 Å². The Balaban J connectivity index is 2.18. The standard InChI is InChI=1S/C16H28N2O4S/c1-12(2)6-7-17-8-9-18(15(19)22-16(3,4)5)14-11-23(20,21)10-13(14)17/h6,13-14H,7-11H2,1-5H3/t13-,14+/m1/s1. The van der Waals surface area contributed by atoms with Gasteiger partial charge in [-0.2, -0.15) is 0 Å². The van der Waals surface area contributed by atoms with Crippen molar-refractivity contribution in [1.29, 1.82) is 0 Å². The summed E-state index contributed by atoms with van der Waals surface area (Å²) in [5.74, 6) is 0.149. The van der Waals surface area contributed by atoms with Gasteiger partial charge >= 0.3 is 6.09 Å². The van der Waals surface area contributed by atoms with Crippen LogP contribution in [0.25, 0.3) is 0 Å². The Labute approximate surface area is 139 Å². The van der Waals surface area contributed by atoms with Gasteiger partial charge in [0.05, 0.1) is 17.5 Å². The minimum Gasteiger partial charge on any atom is -0.444 e. The van der Waals surface area contributed by atoms with E-state index in [0.717, 1.165) is 6.54 Å². The van der Waals surface area contributed by atoms with Crippen molar-refractivity contribution in [3.63, 3.8) is 0 Å². The van der Waals surface area contributed by atoms with Crippen molar-refractivity contribution in [3.05, 3.63) is 11.6 Å². The van der Waals surface area contributed by atoms with Gasteiger partial charge in [0.1, 0.15) is 5.60 Å². The van der Waals surface area contributed by atoms with Crippen LogP contribution in [0.5, 0.6) is 0 Å². The Morgan fingerprint density at radius 3 is 2.35 bits per heavy atom. The van der Waals surface area contributed by atoms with Gasteiger partial charge in [-0.3, -0.25) is 4.90 Å². The molecule has 1 amide bonds. The average molecular weight is 344 g/mol. The Hall–Kier alpha value is -1.08. The number of rotatable bonds is 2. The van der Waals surface area contributed by atoms with E-state index in [0.29, 0.717) is 13.1 Å². The van der Waals surface area contributed by atoms with Crippen LogP contribution in [-0.2, 0) is 14.6 Å². The van der Waals surface area contributed by atoms with Crippen molar-refractivity contribution in [1.82, 2.24) is 9.80 Å². The number of nitrogens with zero attached hydrogens (tertiary/aromatic N) is 2. The number of carbonyl (C=O) groups is 1. The SMILES string of the molecule is CC(C)=CCN1CCN(C(=O)OC(C)(C)C)[C@H]2CS(=O)(=O)C[C@H]21. The summed E-state index contributed by atoms with van der Waals surface area (Å²) in [6.45, 7) is 11.4. The summed E-state index contributed by atoms with van der Waals surface area (Å²) in [5, 5.41) is 0. The number of amides is 1. The van der Waals surface area contributed by atoms with Crippen molar-refractivity contribution in [2.75, 3.05) is 31.1 Å². The van der Waals surface area contributed by atoms with E-state index in [9.17, 15) is 13.2 Å². The molecule has 0 aliphatic carbocycles. The normalized spacial score (nSPS) is 27.4. The van der Waals surface area contributed by atoms with Gasteiger partial charge in [0, 0.05) is 25.7 Å². The Kier molecular flexibility index (Phi) is 5.11. The molecular formula is C16H28N2O4S. The van der Waals surface area contributed by atoms with Crippen molar-refractivity contribution < 1.29 is 17.9 Å². The zero-order valence-electron chi connectivity index (χ0n) is 14.7. The molecule has 0 radical (unpaired) electrons. The fraction of sp³-hybridized carbons (Fsp3) is 0.812. The minimum atomic E-state index is -3.12. The second kappa shape index (κ2) is 6.43. The van der Waals surface area contributed by atoms with E-state index in [1.54, 1.807) is 4.90 Å². The van der Waals surface area contributed by atoms with Crippen LogP contribution in [0.4, 0.5) is 4.79 Å². The van der Waals surface area contributed by atoms with Gasteiger partial charge in [-0.1, -0.05) is 11.6 Å². The molecule has 6 nitrogen and oxygen atoms in total. The zero-order chi connectivity index (χ0) is 17.4. The molecule has 2 heterocycles. The lowest BCUT2D eigenvalue weighted by atomic mass is 10.0. The fourth-order valence-corrected chi connectivity index (χ4v) is 5.11. The number of hydrogen-bond acceptors (Lipinski definition) is 5. The molecule has 0 N–H and O–H groups in total. The fourth-order valence-electron chi connectivity index (χ4n) is 3.10. The maximum absolute atomic E-state index is 12.4. The van der Waals surface area contributed by atoms with E-state index in [2.05, 4.69) is 11.0 Å². The summed E-state index contributed by atoms with van der Waals surface area (Å²) in [6, 6.07) is -0.453. The molecule has 2 saturated heterocycles. The van der Waals surface area contributed by atoms with Gasteiger partial charge in [0.15, 0.2) is 9.84 Å². The van der Waals surface area contributed by atoms with Crippen LogP contribution in [0.3, 0.4) is 0 Å². The van der Waals surface area contributed by atoms with E-state index in [4.69, 9.17) is 4.74 Å². The van der Waals surface area contributed by atoms with Crippen LogP contribution in [0.1, 0.15) is 34.6 Å². The zero-order valence-corrected chi connectivity index (χ0v) is 15.5. The van der Waals surface area contributed by atoms with Gasteiger partial charge in [-0.15, -0.1) is 0 Å². The molecule has 2 atom stereocenters. The first-order chi connectivity index (χ1) is 10.5. The van der Waals surface area contributed by atoms with Gasteiger partial charge in [0.25, 0.3) is 0 Å². The van der Waals surface area contributed by atoms with E-state index in [1.165, 1.54) is 5.57 Å². The highest BCUT2D eigenvalue weighted by Crippen LogP contribution is 2.28. The largest absolute Gasteiger partial charge is 0.444 e. The lowest BCUT2D eigenvalue weighted by Gasteiger charge is -2.43. The summed E-state index contributed by atoms with van der Waals surface area (Å²) < 4.78 is 29.7. The topological polar surface area (TPSA) is 66.9 Å². The van der Waals surface area contributed by atoms with Crippen molar-refractivity contribution >= 4 is 15.9 Å². The molecule has 0 aromatic carbocycles. The number of sulfone groups is 1. The van der Waals surface area contributed by atoms with Crippen LogP contribution >= 0.6 is 0 Å². The highest BCUT2D eigenvalue weighted by molar-refractivity contribution is 7.91. The predicted octanol–water partition coefficient (Wildman–Crippen LogP) is 1.67. The van der Waals surface area contributed by atoms with Crippen molar-refractivity contribution in [2.45, 2.75) is 52.3 Å². The van der Waals surface area contributed by atoms with Crippen molar-refractivity contribution in [3.8, 4) is 0 Å². The number of carbonyl (C=O) groups excluding carboxylic acids is 1. The predicted molar refractivity (Wildman–Crippen MR) is 90.2 cm³/mol. The van der Waals surface area contributed by atoms with Gasteiger partial charge in [-0.25, -0.2) is 13.2 Å². The smallest absolute Gasteiger partial charge is 0.410 e. The molecule has 2 aliphatic rings.